The Morgan fingerprint density at radius 2 is 2.12 bits per heavy atom. The number of nitrogens with zero attached hydrogens (tertiary/aromatic N) is 5. The lowest BCUT2D eigenvalue weighted by Gasteiger charge is -2.20. The van der Waals surface area contributed by atoms with E-state index in [4.69, 9.17) is 5.26 Å². The van der Waals surface area contributed by atoms with E-state index < -0.39 is 10.0 Å². The summed E-state index contributed by atoms with van der Waals surface area (Å²) in [5.74, 6) is 0.0952. The van der Waals surface area contributed by atoms with Crippen molar-refractivity contribution in [1.29, 1.82) is 5.26 Å². The van der Waals surface area contributed by atoms with Crippen LogP contribution in [0.3, 0.4) is 0 Å². The Kier molecular flexibility index (Phi) is 4.42. The largest absolute Gasteiger partial charge is 0.273 e. The number of nitriles is 1. The smallest absolute Gasteiger partial charge is 0.234 e. The molecule has 0 spiro atoms. The van der Waals surface area contributed by atoms with Crippen molar-refractivity contribution < 1.29 is 8.42 Å². The van der Waals surface area contributed by atoms with Gasteiger partial charge in [-0.2, -0.15) is 10.4 Å². The number of rotatable bonds is 5. The molecular formula is C17H17N5O2S. The van der Waals surface area contributed by atoms with Crippen molar-refractivity contribution in [1.82, 2.24) is 14.6 Å². The summed E-state index contributed by atoms with van der Waals surface area (Å²) in [6.07, 6.45) is 3.63. The van der Waals surface area contributed by atoms with Crippen molar-refractivity contribution in [2.75, 3.05) is 17.1 Å². The monoisotopic (exact) mass is 355 g/mol. The topological polar surface area (TPSA) is 91.4 Å². The molecule has 1 aromatic carbocycles. The van der Waals surface area contributed by atoms with Gasteiger partial charge < -0.3 is 0 Å². The van der Waals surface area contributed by atoms with E-state index in [1.54, 1.807) is 42.0 Å². The second-order valence-electron chi connectivity index (χ2n) is 5.57. The number of hydrogen-bond donors (Lipinski definition) is 0. The van der Waals surface area contributed by atoms with Crippen LogP contribution in [0.5, 0.6) is 0 Å². The minimum atomic E-state index is -3.35. The predicted molar refractivity (Wildman–Crippen MR) is 95.6 cm³/mol. The maximum absolute atomic E-state index is 12.3. The average molecular weight is 355 g/mol. The van der Waals surface area contributed by atoms with Gasteiger partial charge in [-0.1, -0.05) is 19.1 Å². The Morgan fingerprint density at radius 1 is 1.32 bits per heavy atom. The van der Waals surface area contributed by atoms with Crippen molar-refractivity contribution in [3.8, 4) is 17.3 Å². The normalized spacial score (nSPS) is 11.4. The molecule has 2 aromatic heterocycles. The quantitative estimate of drug-likeness (QED) is 0.701. The third-order valence-corrected chi connectivity index (χ3v) is 5.88. The van der Waals surface area contributed by atoms with E-state index in [1.807, 2.05) is 13.0 Å². The number of benzene rings is 1. The van der Waals surface area contributed by atoms with Crippen LogP contribution in [0.4, 0.5) is 5.69 Å². The van der Waals surface area contributed by atoms with Crippen LogP contribution in [0, 0.1) is 11.3 Å². The van der Waals surface area contributed by atoms with Crippen molar-refractivity contribution in [2.24, 2.45) is 0 Å². The highest BCUT2D eigenvalue weighted by atomic mass is 32.2. The third-order valence-electron chi connectivity index (χ3n) is 3.91. The minimum absolute atomic E-state index is 0.0952. The zero-order valence-electron chi connectivity index (χ0n) is 13.9. The van der Waals surface area contributed by atoms with E-state index in [-0.39, 0.29) is 5.75 Å². The first-order chi connectivity index (χ1) is 12.0. The molecule has 0 bridgehead atoms. The summed E-state index contributed by atoms with van der Waals surface area (Å²) in [5.41, 5.74) is 2.95. The van der Waals surface area contributed by atoms with Crippen molar-refractivity contribution >= 4 is 21.4 Å². The lowest BCUT2D eigenvalue weighted by molar-refractivity contribution is 0.593. The van der Waals surface area contributed by atoms with Crippen LogP contribution in [-0.2, 0) is 10.0 Å². The maximum atomic E-state index is 12.3. The van der Waals surface area contributed by atoms with Crippen LogP contribution in [-0.4, -0.2) is 35.8 Å². The number of aromatic nitrogens is 3. The fourth-order valence-corrected chi connectivity index (χ4v) is 3.83. The van der Waals surface area contributed by atoms with E-state index in [0.717, 1.165) is 11.3 Å². The molecule has 128 valence electrons. The average Bonchev–Trinajstić information content (AvgIpc) is 3.04. The van der Waals surface area contributed by atoms with Crippen LogP contribution in [0.1, 0.15) is 18.9 Å². The molecule has 0 aliphatic rings. The van der Waals surface area contributed by atoms with Crippen LogP contribution < -0.4 is 4.31 Å². The molecule has 0 N–H and O–H groups in total. The minimum Gasteiger partial charge on any atom is -0.273 e. The first kappa shape index (κ1) is 16.9. The molecule has 3 rings (SSSR count). The van der Waals surface area contributed by atoms with Gasteiger partial charge in [0.2, 0.25) is 10.0 Å². The van der Waals surface area contributed by atoms with Crippen molar-refractivity contribution in [2.45, 2.75) is 13.3 Å². The standard InChI is InChI=1S/C17H17N5O2S/c1-3-9-25(23,24)21(2)15-6-4-5-13(10-15)16-7-8-19-17-14(11-18)12-20-22(16)17/h4-8,10,12H,3,9H2,1-2H3. The highest BCUT2D eigenvalue weighted by molar-refractivity contribution is 7.92. The van der Waals surface area contributed by atoms with Gasteiger partial charge in [0.25, 0.3) is 0 Å². The van der Waals surface area contributed by atoms with Gasteiger partial charge in [0.15, 0.2) is 5.65 Å². The van der Waals surface area contributed by atoms with Crippen molar-refractivity contribution in [3.63, 3.8) is 0 Å². The van der Waals surface area contributed by atoms with Gasteiger partial charge in [0, 0.05) is 18.8 Å². The number of sulfonamides is 1. The molecule has 3 aromatic rings. The maximum Gasteiger partial charge on any atom is 0.234 e. The summed E-state index contributed by atoms with van der Waals surface area (Å²) in [7, 11) is -1.80. The molecule has 0 unspecified atom stereocenters. The molecule has 0 saturated heterocycles. The zero-order chi connectivity index (χ0) is 18.0. The molecule has 0 amide bonds. The highest BCUT2D eigenvalue weighted by Gasteiger charge is 2.18. The van der Waals surface area contributed by atoms with Gasteiger partial charge in [0.05, 0.1) is 23.3 Å². The molecule has 0 saturated carbocycles. The Balaban J connectivity index is 2.09. The molecule has 8 heteroatoms. The van der Waals surface area contributed by atoms with Gasteiger partial charge >= 0.3 is 0 Å². The fourth-order valence-electron chi connectivity index (χ4n) is 2.61. The summed E-state index contributed by atoms with van der Waals surface area (Å²) in [6.45, 7) is 1.83. The van der Waals surface area contributed by atoms with Gasteiger partial charge in [-0.05, 0) is 24.6 Å². The second-order valence-corrected chi connectivity index (χ2v) is 7.69. The molecule has 0 aliphatic carbocycles. The molecular weight excluding hydrogens is 338 g/mol. The molecule has 7 nitrogen and oxygen atoms in total. The fraction of sp³-hybridized carbons (Fsp3) is 0.235. The number of fused-ring (bicyclic) bond motifs is 1. The van der Waals surface area contributed by atoms with Crippen LogP contribution in [0.15, 0.2) is 42.7 Å². The van der Waals surface area contributed by atoms with Gasteiger partial charge in [0.1, 0.15) is 11.6 Å². The second kappa shape index (κ2) is 6.53. The van der Waals surface area contributed by atoms with Gasteiger partial charge in [-0.25, -0.2) is 17.9 Å². The first-order valence-corrected chi connectivity index (χ1v) is 9.38. The first-order valence-electron chi connectivity index (χ1n) is 7.78. The summed E-state index contributed by atoms with van der Waals surface area (Å²) < 4.78 is 27.5. The van der Waals surface area contributed by atoms with Crippen LogP contribution in [0.2, 0.25) is 0 Å². The third kappa shape index (κ3) is 3.06. The Bertz CT molecular complexity index is 1070. The highest BCUT2D eigenvalue weighted by Crippen LogP contribution is 2.26. The SMILES string of the molecule is CCCS(=O)(=O)N(C)c1cccc(-c2ccnc3c(C#N)cnn23)c1. The summed E-state index contributed by atoms with van der Waals surface area (Å²) >= 11 is 0. The van der Waals surface area contributed by atoms with E-state index in [9.17, 15) is 8.42 Å². The molecule has 2 heterocycles. The lowest BCUT2D eigenvalue weighted by Crippen LogP contribution is -2.28. The summed E-state index contributed by atoms with van der Waals surface area (Å²) in [4.78, 5) is 4.19. The predicted octanol–water partition coefficient (Wildman–Crippen LogP) is 2.44. The Morgan fingerprint density at radius 3 is 2.84 bits per heavy atom. The zero-order valence-corrected chi connectivity index (χ0v) is 14.7. The van der Waals surface area contributed by atoms with E-state index in [0.29, 0.717) is 23.3 Å². The Hall–Kier alpha value is -2.92. The van der Waals surface area contributed by atoms with E-state index in [1.165, 1.54) is 10.5 Å². The van der Waals surface area contributed by atoms with Crippen molar-refractivity contribution in [3.05, 3.63) is 48.3 Å². The number of hydrogen-bond acceptors (Lipinski definition) is 5. The summed E-state index contributed by atoms with van der Waals surface area (Å²) in [5, 5.41) is 13.3. The molecule has 0 atom stereocenters. The Labute approximate surface area is 146 Å². The van der Waals surface area contributed by atoms with Gasteiger partial charge in [-0.3, -0.25) is 4.31 Å². The van der Waals surface area contributed by atoms with E-state index >= 15 is 0 Å². The van der Waals surface area contributed by atoms with Gasteiger partial charge in [-0.15, -0.1) is 0 Å². The van der Waals surface area contributed by atoms with Crippen LogP contribution in [0.25, 0.3) is 16.9 Å². The summed E-state index contributed by atoms with van der Waals surface area (Å²) in [6, 6.07) is 11.0. The lowest BCUT2D eigenvalue weighted by atomic mass is 10.1. The molecule has 0 fully saturated rings. The molecule has 0 radical (unpaired) electrons. The van der Waals surface area contributed by atoms with E-state index in [2.05, 4.69) is 16.2 Å². The molecule has 25 heavy (non-hydrogen) atoms. The number of anilines is 1. The van der Waals surface area contributed by atoms with Crippen LogP contribution >= 0.6 is 0 Å². The molecule has 0 aliphatic heterocycles.